The van der Waals surface area contributed by atoms with Crippen molar-refractivity contribution in [3.05, 3.63) is 28.4 Å². The van der Waals surface area contributed by atoms with Gasteiger partial charge in [0.15, 0.2) is 0 Å². The van der Waals surface area contributed by atoms with Crippen LogP contribution in [0, 0.1) is 0 Å². The summed E-state index contributed by atoms with van der Waals surface area (Å²) in [6.07, 6.45) is -1.15. The molecule has 15 heavy (non-hydrogen) atoms. The molecule has 2 unspecified atom stereocenters. The van der Waals surface area contributed by atoms with Crippen molar-refractivity contribution in [3.8, 4) is 0 Å². The number of nitrogens with zero attached hydrogens (tertiary/aromatic N) is 1. The van der Waals surface area contributed by atoms with E-state index in [9.17, 15) is 19.8 Å². The Labute approximate surface area is 84.0 Å². The normalized spacial score (nSPS) is 14.5. The highest BCUT2D eigenvalue weighted by atomic mass is 16.4. The maximum absolute atomic E-state index is 10.6. The van der Waals surface area contributed by atoms with Gasteiger partial charge in [0.2, 0.25) is 0 Å². The largest absolute Gasteiger partial charge is 0.481 e. The molecule has 1 heterocycles. The van der Waals surface area contributed by atoms with Gasteiger partial charge in [-0.2, -0.15) is 0 Å². The van der Waals surface area contributed by atoms with Crippen LogP contribution in [0.15, 0.2) is 17.2 Å². The summed E-state index contributed by atoms with van der Waals surface area (Å²) in [6, 6.07) is 0. The van der Waals surface area contributed by atoms with Gasteiger partial charge in [0.1, 0.15) is 6.10 Å². The van der Waals surface area contributed by atoms with Crippen LogP contribution in [0.2, 0.25) is 0 Å². The van der Waals surface area contributed by atoms with E-state index in [4.69, 9.17) is 5.11 Å². The molecule has 0 bridgehead atoms. The van der Waals surface area contributed by atoms with E-state index in [1.165, 1.54) is 6.20 Å². The number of aliphatic hydroxyl groups is 2. The molecule has 1 aromatic heterocycles. The zero-order valence-corrected chi connectivity index (χ0v) is 7.62. The van der Waals surface area contributed by atoms with Crippen LogP contribution in [0.25, 0.3) is 0 Å². The molecule has 7 nitrogen and oxygen atoms in total. The van der Waals surface area contributed by atoms with Gasteiger partial charge >= 0.3 is 11.7 Å². The van der Waals surface area contributed by atoms with Gasteiger partial charge in [-0.3, -0.25) is 4.79 Å². The van der Waals surface area contributed by atoms with E-state index in [0.717, 1.165) is 6.20 Å². The summed E-state index contributed by atoms with van der Waals surface area (Å²) < 4.78 is 0. The number of aliphatic hydroxyl groups excluding tert-OH is 2. The van der Waals surface area contributed by atoms with Gasteiger partial charge < -0.3 is 20.3 Å². The summed E-state index contributed by atoms with van der Waals surface area (Å²) in [5, 5.41) is 27.1. The first-order chi connectivity index (χ1) is 7.00. The van der Waals surface area contributed by atoms with E-state index in [1.54, 1.807) is 0 Å². The molecule has 0 radical (unpaired) electrons. The molecule has 2 atom stereocenters. The highest BCUT2D eigenvalue weighted by Gasteiger charge is 2.21. The third kappa shape index (κ3) is 3.15. The molecule has 4 N–H and O–H groups in total. The first-order valence-electron chi connectivity index (χ1n) is 4.13. The van der Waals surface area contributed by atoms with Crippen LogP contribution in [0.4, 0.5) is 0 Å². The SMILES string of the molecule is O=C(O)CC(O)C(O)c1cnc(=O)[nH]c1. The first-order valence-corrected chi connectivity index (χ1v) is 4.13. The number of hydrogen-bond donors (Lipinski definition) is 4. The molecule has 82 valence electrons. The van der Waals surface area contributed by atoms with Crippen LogP contribution in [-0.2, 0) is 4.79 Å². The number of aliphatic carboxylic acids is 1. The fourth-order valence-electron chi connectivity index (χ4n) is 1.03. The lowest BCUT2D eigenvalue weighted by molar-refractivity contribution is -0.141. The second-order valence-electron chi connectivity index (χ2n) is 2.96. The standard InChI is InChI=1S/C8H10N2O5/c11-5(1-6(12)13)7(14)4-2-9-8(15)10-3-4/h2-3,5,7,11,14H,1H2,(H,12,13)(H,9,10,15). The number of aromatic nitrogens is 2. The van der Waals surface area contributed by atoms with Gasteiger partial charge in [-0.05, 0) is 0 Å². The molecule has 1 rings (SSSR count). The molecule has 1 aromatic rings. The molecule has 0 aromatic carbocycles. The summed E-state index contributed by atoms with van der Waals surface area (Å²) >= 11 is 0. The van der Waals surface area contributed by atoms with Crippen LogP contribution in [-0.4, -0.2) is 37.4 Å². The van der Waals surface area contributed by atoms with Crippen LogP contribution < -0.4 is 5.69 Å². The first kappa shape index (κ1) is 11.3. The number of nitrogens with one attached hydrogen (secondary N) is 1. The van der Waals surface area contributed by atoms with E-state index in [1.807, 2.05) is 0 Å². The molecule has 0 aliphatic carbocycles. The van der Waals surface area contributed by atoms with Crippen molar-refractivity contribution in [2.45, 2.75) is 18.6 Å². The van der Waals surface area contributed by atoms with Crippen molar-refractivity contribution in [2.24, 2.45) is 0 Å². The van der Waals surface area contributed by atoms with Gasteiger partial charge in [0.25, 0.3) is 0 Å². The minimum absolute atomic E-state index is 0.156. The highest BCUT2D eigenvalue weighted by Crippen LogP contribution is 2.16. The number of rotatable bonds is 4. The van der Waals surface area contributed by atoms with Gasteiger partial charge in [0, 0.05) is 18.0 Å². The van der Waals surface area contributed by atoms with Gasteiger partial charge in [-0.15, -0.1) is 0 Å². The van der Waals surface area contributed by atoms with Crippen LogP contribution in [0.3, 0.4) is 0 Å². The fraction of sp³-hybridized carbons (Fsp3) is 0.375. The number of aromatic amines is 1. The fourth-order valence-corrected chi connectivity index (χ4v) is 1.03. The number of carboxylic acids is 1. The molecule has 0 amide bonds. The third-order valence-electron chi connectivity index (χ3n) is 1.78. The summed E-state index contributed by atoms with van der Waals surface area (Å²) in [5.74, 6) is -1.22. The Morgan fingerprint density at radius 1 is 1.53 bits per heavy atom. The van der Waals surface area contributed by atoms with Crippen LogP contribution in [0.5, 0.6) is 0 Å². The summed E-state index contributed by atoms with van der Waals surface area (Å²) in [7, 11) is 0. The minimum atomic E-state index is -1.43. The Bertz CT molecular complexity index is 382. The zero-order valence-electron chi connectivity index (χ0n) is 7.62. The summed E-state index contributed by atoms with van der Waals surface area (Å²) in [4.78, 5) is 26.4. The predicted molar refractivity (Wildman–Crippen MR) is 48.1 cm³/mol. The molecular formula is C8H10N2O5. The van der Waals surface area contributed by atoms with E-state index >= 15 is 0 Å². The molecule has 0 saturated carbocycles. The second-order valence-corrected chi connectivity index (χ2v) is 2.96. The molecule has 0 fully saturated rings. The van der Waals surface area contributed by atoms with Crippen LogP contribution >= 0.6 is 0 Å². The lowest BCUT2D eigenvalue weighted by atomic mass is 10.1. The van der Waals surface area contributed by atoms with Crippen molar-refractivity contribution < 1.29 is 20.1 Å². The Morgan fingerprint density at radius 2 is 2.20 bits per heavy atom. The van der Waals surface area contributed by atoms with E-state index in [-0.39, 0.29) is 5.56 Å². The highest BCUT2D eigenvalue weighted by molar-refractivity contribution is 5.67. The van der Waals surface area contributed by atoms with Crippen LogP contribution in [0.1, 0.15) is 18.1 Å². The van der Waals surface area contributed by atoms with Crippen molar-refractivity contribution in [2.75, 3.05) is 0 Å². The second kappa shape index (κ2) is 4.67. The lowest BCUT2D eigenvalue weighted by Crippen LogP contribution is -2.23. The van der Waals surface area contributed by atoms with Gasteiger partial charge in [-0.25, -0.2) is 9.78 Å². The Balaban J connectivity index is 2.75. The predicted octanol–water partition coefficient (Wildman–Crippen LogP) is -1.36. The average Bonchev–Trinajstić information content (AvgIpc) is 2.17. The van der Waals surface area contributed by atoms with E-state index < -0.39 is 30.3 Å². The van der Waals surface area contributed by atoms with Crippen molar-refractivity contribution >= 4 is 5.97 Å². The number of H-pyrrole nitrogens is 1. The van der Waals surface area contributed by atoms with Crippen molar-refractivity contribution in [3.63, 3.8) is 0 Å². The number of hydrogen-bond acceptors (Lipinski definition) is 5. The molecular weight excluding hydrogens is 204 g/mol. The topological polar surface area (TPSA) is 124 Å². The van der Waals surface area contributed by atoms with Crippen molar-refractivity contribution in [1.82, 2.24) is 9.97 Å². The molecule has 0 spiro atoms. The quantitative estimate of drug-likeness (QED) is 0.490. The van der Waals surface area contributed by atoms with Gasteiger partial charge in [0.05, 0.1) is 12.5 Å². The summed E-state index contributed by atoms with van der Waals surface area (Å²) in [5.41, 5.74) is -0.429. The monoisotopic (exact) mass is 214 g/mol. The average molecular weight is 214 g/mol. The zero-order chi connectivity index (χ0) is 11.4. The molecule has 0 aliphatic heterocycles. The van der Waals surface area contributed by atoms with Crippen molar-refractivity contribution in [1.29, 1.82) is 0 Å². The Kier molecular flexibility index (Phi) is 3.53. The maximum Gasteiger partial charge on any atom is 0.344 e. The Morgan fingerprint density at radius 3 is 2.67 bits per heavy atom. The van der Waals surface area contributed by atoms with E-state index in [2.05, 4.69) is 9.97 Å². The maximum atomic E-state index is 10.6. The third-order valence-corrected chi connectivity index (χ3v) is 1.78. The number of carbonyl (C=O) groups is 1. The lowest BCUT2D eigenvalue weighted by Gasteiger charge is -2.15. The molecule has 0 aliphatic rings. The Hall–Kier alpha value is -1.73. The van der Waals surface area contributed by atoms with E-state index in [0.29, 0.717) is 0 Å². The smallest absolute Gasteiger partial charge is 0.344 e. The summed E-state index contributed by atoms with van der Waals surface area (Å²) in [6.45, 7) is 0. The molecule has 7 heteroatoms. The number of carboxylic acid groups (broad SMARTS) is 1. The molecule has 0 saturated heterocycles. The van der Waals surface area contributed by atoms with Gasteiger partial charge in [-0.1, -0.05) is 0 Å². The minimum Gasteiger partial charge on any atom is -0.481 e.